The summed E-state index contributed by atoms with van der Waals surface area (Å²) >= 11 is 0. The van der Waals surface area contributed by atoms with Crippen LogP contribution >= 0.6 is 0 Å². The molecule has 1 amide bonds. The molecule has 3 heterocycles. The highest BCUT2D eigenvalue weighted by Gasteiger charge is 2.44. The van der Waals surface area contributed by atoms with Gasteiger partial charge in [-0.05, 0) is 69.1 Å². The zero-order chi connectivity index (χ0) is 25.5. The second-order valence-corrected chi connectivity index (χ2v) is 12.2. The Balaban J connectivity index is 1.39. The minimum Gasteiger partial charge on any atom is -0.371 e. The second kappa shape index (κ2) is 9.49. The average molecular weight is 517 g/mol. The summed E-state index contributed by atoms with van der Waals surface area (Å²) in [4.78, 5) is 26.6. The summed E-state index contributed by atoms with van der Waals surface area (Å²) in [6.07, 6.45) is 5.86. The monoisotopic (exact) mass is 516 g/mol. The Morgan fingerprint density at radius 3 is 2.36 bits per heavy atom. The van der Waals surface area contributed by atoms with Crippen LogP contribution in [0.5, 0.6) is 0 Å². The van der Waals surface area contributed by atoms with E-state index in [9.17, 15) is 17.6 Å². The van der Waals surface area contributed by atoms with Gasteiger partial charge in [-0.2, -0.15) is 4.98 Å². The Bertz CT molecular complexity index is 1250. The number of amides is 1. The van der Waals surface area contributed by atoms with E-state index in [-0.39, 0.29) is 5.91 Å². The smallest absolute Gasteiger partial charge is 0.258 e. The number of alkyl halides is 1. The van der Waals surface area contributed by atoms with Gasteiger partial charge in [0.25, 0.3) is 5.91 Å². The van der Waals surface area contributed by atoms with Crippen molar-refractivity contribution in [2.24, 2.45) is 5.41 Å². The Labute approximate surface area is 211 Å². The number of halogens is 1. The number of nitrogens with zero attached hydrogens (tertiary/aromatic N) is 4. The first kappa shape index (κ1) is 24.7. The van der Waals surface area contributed by atoms with Gasteiger partial charge in [0.2, 0.25) is 16.0 Å². The van der Waals surface area contributed by atoms with E-state index in [0.717, 1.165) is 32.2 Å². The SMILES string of the molecule is Cc1cc(NC(=O)c2ccc(NS(C)(=O)=O)cc2N2CCC3(CC2)CC3)nc(N2CCC(F)CC2)n1. The van der Waals surface area contributed by atoms with Gasteiger partial charge in [-0.25, -0.2) is 17.8 Å². The molecule has 11 heteroatoms. The molecule has 0 bridgehead atoms. The van der Waals surface area contributed by atoms with Gasteiger partial charge in [-0.15, -0.1) is 0 Å². The molecule has 9 nitrogen and oxygen atoms in total. The van der Waals surface area contributed by atoms with E-state index < -0.39 is 16.2 Å². The normalized spacial score (nSPS) is 19.9. The molecule has 1 aromatic heterocycles. The van der Waals surface area contributed by atoms with Crippen molar-refractivity contribution < 1.29 is 17.6 Å². The quantitative estimate of drug-likeness (QED) is 0.602. The lowest BCUT2D eigenvalue weighted by Gasteiger charge is -2.35. The summed E-state index contributed by atoms with van der Waals surface area (Å²) < 4.78 is 39.7. The van der Waals surface area contributed by atoms with Gasteiger partial charge in [0.1, 0.15) is 12.0 Å². The van der Waals surface area contributed by atoms with Crippen LogP contribution in [0.2, 0.25) is 0 Å². The topological polar surface area (TPSA) is 108 Å². The maximum absolute atomic E-state index is 13.6. The average Bonchev–Trinajstić information content (AvgIpc) is 3.57. The number of hydrogen-bond donors (Lipinski definition) is 2. The van der Waals surface area contributed by atoms with E-state index in [4.69, 9.17) is 0 Å². The van der Waals surface area contributed by atoms with Crippen molar-refractivity contribution in [2.45, 2.75) is 51.6 Å². The fraction of sp³-hybridized carbons (Fsp3) is 0.560. The van der Waals surface area contributed by atoms with Crippen molar-refractivity contribution in [1.29, 1.82) is 0 Å². The molecule has 0 atom stereocenters. The maximum atomic E-state index is 13.6. The maximum Gasteiger partial charge on any atom is 0.258 e. The number of aromatic nitrogens is 2. The minimum atomic E-state index is -3.45. The predicted octanol–water partition coefficient (Wildman–Crippen LogP) is 3.73. The van der Waals surface area contributed by atoms with Crippen molar-refractivity contribution in [2.75, 3.05) is 52.3 Å². The van der Waals surface area contributed by atoms with Crippen molar-refractivity contribution in [1.82, 2.24) is 9.97 Å². The van der Waals surface area contributed by atoms with Crippen LogP contribution in [0.15, 0.2) is 24.3 Å². The van der Waals surface area contributed by atoms with Gasteiger partial charge < -0.3 is 15.1 Å². The third-order valence-corrected chi connectivity index (χ3v) is 8.07. The Morgan fingerprint density at radius 1 is 1.03 bits per heavy atom. The van der Waals surface area contributed by atoms with Crippen LogP contribution in [-0.4, -0.2) is 62.9 Å². The summed E-state index contributed by atoms with van der Waals surface area (Å²) in [5.74, 6) is 0.537. The van der Waals surface area contributed by atoms with E-state index in [1.54, 1.807) is 24.3 Å². The van der Waals surface area contributed by atoms with Crippen LogP contribution in [0.4, 0.5) is 27.5 Å². The van der Waals surface area contributed by atoms with Crippen molar-refractivity contribution in [3.63, 3.8) is 0 Å². The molecule has 1 aromatic carbocycles. The molecular formula is C25H33FN6O3S. The lowest BCUT2D eigenvalue weighted by molar-refractivity contribution is 0.102. The predicted molar refractivity (Wildman–Crippen MR) is 139 cm³/mol. The first-order valence-electron chi connectivity index (χ1n) is 12.5. The molecule has 2 aromatic rings. The summed E-state index contributed by atoms with van der Waals surface area (Å²) in [7, 11) is -3.45. The van der Waals surface area contributed by atoms with Crippen LogP contribution < -0.4 is 19.8 Å². The summed E-state index contributed by atoms with van der Waals surface area (Å²) in [5, 5.41) is 2.91. The number of carbonyl (C=O) groups excluding carboxylic acids is 1. The number of carbonyl (C=O) groups is 1. The number of aryl methyl sites for hydroxylation is 1. The van der Waals surface area contributed by atoms with E-state index in [1.165, 1.54) is 12.8 Å². The Morgan fingerprint density at radius 2 is 1.72 bits per heavy atom. The van der Waals surface area contributed by atoms with Crippen LogP contribution in [0.3, 0.4) is 0 Å². The zero-order valence-electron chi connectivity index (χ0n) is 20.8. The standard InChI is InChI=1S/C25H33FN6O3S/c1-17-15-22(29-24(27-17)32-11-5-18(26)6-12-32)28-23(33)20-4-3-19(30-36(2,34)35)16-21(20)31-13-9-25(7-8-25)10-14-31/h3-4,15-16,18,30H,5-14H2,1-2H3,(H,27,28,29,33). The fourth-order valence-corrected chi connectivity index (χ4v) is 5.71. The highest BCUT2D eigenvalue weighted by atomic mass is 32.2. The Hall–Kier alpha value is -2.95. The lowest BCUT2D eigenvalue weighted by Crippen LogP contribution is -2.36. The highest BCUT2D eigenvalue weighted by Crippen LogP contribution is 2.54. The summed E-state index contributed by atoms with van der Waals surface area (Å²) in [5.41, 5.74) is 2.75. The number of anilines is 4. The molecule has 2 saturated heterocycles. The van der Waals surface area contributed by atoms with Gasteiger partial charge in [-0.3, -0.25) is 9.52 Å². The number of hydrogen-bond acceptors (Lipinski definition) is 7. The number of rotatable bonds is 6. The summed E-state index contributed by atoms with van der Waals surface area (Å²) in [6, 6.07) is 6.70. The molecule has 2 N–H and O–H groups in total. The summed E-state index contributed by atoms with van der Waals surface area (Å²) in [6.45, 7) is 4.55. The molecule has 5 rings (SSSR count). The minimum absolute atomic E-state index is 0.325. The van der Waals surface area contributed by atoms with Crippen molar-refractivity contribution in [3.05, 3.63) is 35.5 Å². The molecule has 3 fully saturated rings. The van der Waals surface area contributed by atoms with E-state index in [2.05, 4.69) is 24.9 Å². The van der Waals surface area contributed by atoms with Gasteiger partial charge in [-0.1, -0.05) is 0 Å². The largest absolute Gasteiger partial charge is 0.371 e. The van der Waals surface area contributed by atoms with Crippen LogP contribution in [0.25, 0.3) is 0 Å². The van der Waals surface area contributed by atoms with Crippen LogP contribution in [-0.2, 0) is 10.0 Å². The molecule has 3 aliphatic rings. The molecule has 2 aliphatic heterocycles. The molecule has 36 heavy (non-hydrogen) atoms. The van der Waals surface area contributed by atoms with Gasteiger partial charge in [0.15, 0.2) is 0 Å². The zero-order valence-corrected chi connectivity index (χ0v) is 21.6. The molecule has 194 valence electrons. The van der Waals surface area contributed by atoms with Crippen LogP contribution in [0.1, 0.15) is 54.6 Å². The third kappa shape index (κ3) is 5.71. The lowest BCUT2D eigenvalue weighted by atomic mass is 9.93. The first-order chi connectivity index (χ1) is 17.1. The number of benzene rings is 1. The molecule has 1 saturated carbocycles. The van der Waals surface area contributed by atoms with E-state index in [1.807, 2.05) is 11.8 Å². The van der Waals surface area contributed by atoms with Gasteiger partial charge in [0, 0.05) is 37.9 Å². The van der Waals surface area contributed by atoms with Gasteiger partial charge in [0.05, 0.1) is 23.2 Å². The molecule has 0 radical (unpaired) electrons. The second-order valence-electron chi connectivity index (χ2n) is 10.4. The van der Waals surface area contributed by atoms with Gasteiger partial charge >= 0.3 is 0 Å². The first-order valence-corrected chi connectivity index (χ1v) is 14.4. The Kier molecular flexibility index (Phi) is 6.52. The molecule has 1 aliphatic carbocycles. The van der Waals surface area contributed by atoms with Crippen molar-refractivity contribution in [3.8, 4) is 0 Å². The molecule has 0 unspecified atom stereocenters. The molecule has 1 spiro atoms. The number of sulfonamides is 1. The fourth-order valence-electron chi connectivity index (χ4n) is 5.15. The third-order valence-electron chi connectivity index (χ3n) is 7.46. The van der Waals surface area contributed by atoms with E-state index >= 15 is 0 Å². The van der Waals surface area contributed by atoms with Crippen molar-refractivity contribution >= 4 is 39.1 Å². The number of piperidine rings is 2. The molecular weight excluding hydrogens is 483 g/mol. The van der Waals surface area contributed by atoms with E-state index in [0.29, 0.717) is 65.7 Å². The highest BCUT2D eigenvalue weighted by molar-refractivity contribution is 7.92. The van der Waals surface area contributed by atoms with Crippen LogP contribution in [0, 0.1) is 12.3 Å². The number of nitrogens with one attached hydrogen (secondary N) is 2.